The van der Waals surface area contributed by atoms with Crippen molar-refractivity contribution in [1.82, 2.24) is 5.43 Å². The Morgan fingerprint density at radius 1 is 1.11 bits per heavy atom. The summed E-state index contributed by atoms with van der Waals surface area (Å²) >= 11 is 0. The lowest BCUT2D eigenvalue weighted by atomic mass is 9.74. The molecule has 100 valence electrons. The highest BCUT2D eigenvalue weighted by molar-refractivity contribution is 6.06. The minimum absolute atomic E-state index is 0.109. The molecular formula is C16H20N2O. The van der Waals surface area contributed by atoms with E-state index in [-0.39, 0.29) is 11.8 Å². The fraction of sp³-hybridized carbons (Fsp3) is 0.500. The van der Waals surface area contributed by atoms with E-state index in [4.69, 9.17) is 0 Å². The van der Waals surface area contributed by atoms with Crippen molar-refractivity contribution < 1.29 is 4.79 Å². The molecule has 0 aromatic heterocycles. The van der Waals surface area contributed by atoms with E-state index in [0.717, 1.165) is 25.0 Å². The lowest BCUT2D eigenvalue weighted by molar-refractivity contribution is -0.127. The summed E-state index contributed by atoms with van der Waals surface area (Å²) in [6.07, 6.45) is 4.46. The van der Waals surface area contributed by atoms with Gasteiger partial charge in [0.1, 0.15) is 0 Å². The van der Waals surface area contributed by atoms with E-state index in [0.29, 0.717) is 5.92 Å². The topological polar surface area (TPSA) is 41.5 Å². The van der Waals surface area contributed by atoms with Crippen molar-refractivity contribution in [2.24, 2.45) is 16.9 Å². The van der Waals surface area contributed by atoms with Crippen molar-refractivity contribution in [3.8, 4) is 0 Å². The molecule has 1 aliphatic carbocycles. The minimum atomic E-state index is 0.109. The first-order valence-corrected chi connectivity index (χ1v) is 7.12. The maximum absolute atomic E-state index is 11.9. The molecule has 2 unspecified atom stereocenters. The van der Waals surface area contributed by atoms with Crippen LogP contribution in [0.15, 0.2) is 23.3 Å². The second-order valence-electron chi connectivity index (χ2n) is 5.77. The highest BCUT2D eigenvalue weighted by Gasteiger charge is 2.37. The molecule has 0 spiro atoms. The number of nitrogens with zero attached hydrogens (tertiary/aromatic N) is 1. The predicted molar refractivity (Wildman–Crippen MR) is 76.0 cm³/mol. The molecule has 2 atom stereocenters. The zero-order valence-corrected chi connectivity index (χ0v) is 11.6. The molecule has 1 amide bonds. The van der Waals surface area contributed by atoms with Gasteiger partial charge in [0.05, 0.1) is 5.71 Å². The van der Waals surface area contributed by atoms with Crippen LogP contribution in [0.5, 0.6) is 0 Å². The van der Waals surface area contributed by atoms with Gasteiger partial charge in [-0.1, -0.05) is 25.0 Å². The zero-order valence-electron chi connectivity index (χ0n) is 11.6. The third-order valence-electron chi connectivity index (χ3n) is 4.54. The van der Waals surface area contributed by atoms with Crippen molar-refractivity contribution in [1.29, 1.82) is 0 Å². The predicted octanol–water partition coefficient (Wildman–Crippen LogP) is 2.94. The van der Waals surface area contributed by atoms with Gasteiger partial charge in [-0.25, -0.2) is 5.43 Å². The number of hydrogen-bond acceptors (Lipinski definition) is 2. The summed E-state index contributed by atoms with van der Waals surface area (Å²) < 4.78 is 0. The van der Waals surface area contributed by atoms with Gasteiger partial charge in [-0.15, -0.1) is 0 Å². The largest absolute Gasteiger partial charge is 0.273 e. The summed E-state index contributed by atoms with van der Waals surface area (Å²) in [5.74, 6) is 0.546. The Morgan fingerprint density at radius 2 is 1.84 bits per heavy atom. The second-order valence-corrected chi connectivity index (χ2v) is 5.77. The van der Waals surface area contributed by atoms with Crippen LogP contribution in [0.3, 0.4) is 0 Å². The summed E-state index contributed by atoms with van der Waals surface area (Å²) in [6.45, 7) is 4.24. The molecule has 1 fully saturated rings. The Labute approximate surface area is 114 Å². The average Bonchev–Trinajstić information content (AvgIpc) is 2.43. The van der Waals surface area contributed by atoms with E-state index < -0.39 is 0 Å². The lowest BCUT2D eigenvalue weighted by Gasteiger charge is -2.34. The van der Waals surface area contributed by atoms with Gasteiger partial charge < -0.3 is 0 Å². The molecule has 1 aromatic carbocycles. The molecule has 1 N–H and O–H groups in total. The van der Waals surface area contributed by atoms with Crippen LogP contribution in [-0.4, -0.2) is 11.6 Å². The van der Waals surface area contributed by atoms with E-state index in [1.54, 1.807) is 0 Å². The van der Waals surface area contributed by atoms with Gasteiger partial charge in [0.2, 0.25) is 5.91 Å². The third-order valence-corrected chi connectivity index (χ3v) is 4.54. The van der Waals surface area contributed by atoms with Gasteiger partial charge >= 0.3 is 0 Å². The molecule has 1 heterocycles. The van der Waals surface area contributed by atoms with Crippen LogP contribution in [0, 0.1) is 25.7 Å². The molecule has 0 bridgehead atoms. The van der Waals surface area contributed by atoms with Crippen LogP contribution in [0.25, 0.3) is 0 Å². The number of carbonyl (C=O) groups excluding carboxylic acids is 1. The molecule has 1 saturated carbocycles. The summed E-state index contributed by atoms with van der Waals surface area (Å²) in [4.78, 5) is 11.9. The quantitative estimate of drug-likeness (QED) is 0.824. The molecule has 2 aliphatic rings. The summed E-state index contributed by atoms with van der Waals surface area (Å²) in [7, 11) is 0. The molecule has 3 heteroatoms. The Bertz CT molecular complexity index is 548. The molecule has 1 aromatic rings. The monoisotopic (exact) mass is 256 g/mol. The number of nitrogens with one attached hydrogen (secondary N) is 1. The van der Waals surface area contributed by atoms with Gasteiger partial charge in [0.25, 0.3) is 0 Å². The number of aryl methyl sites for hydroxylation is 2. The number of fused-ring (bicyclic) bond motifs is 1. The Hall–Kier alpha value is -1.64. The van der Waals surface area contributed by atoms with Gasteiger partial charge in [0.15, 0.2) is 0 Å². The van der Waals surface area contributed by atoms with E-state index in [1.165, 1.54) is 23.1 Å². The van der Waals surface area contributed by atoms with E-state index in [2.05, 4.69) is 42.6 Å². The standard InChI is InChI=1S/C16H20N2O/c1-10-7-8-12(9-11(10)2)15-13-5-3-4-6-14(13)16(19)18-17-15/h7-9,13-14H,3-6H2,1-2H3,(H,18,19). The fourth-order valence-corrected chi connectivity index (χ4v) is 3.23. The lowest BCUT2D eigenvalue weighted by Crippen LogP contribution is -2.43. The molecule has 19 heavy (non-hydrogen) atoms. The molecule has 1 aliphatic heterocycles. The van der Waals surface area contributed by atoms with Crippen molar-refractivity contribution in [3.63, 3.8) is 0 Å². The van der Waals surface area contributed by atoms with Crippen LogP contribution in [-0.2, 0) is 4.79 Å². The number of rotatable bonds is 1. The fourth-order valence-electron chi connectivity index (χ4n) is 3.23. The number of hydrogen-bond donors (Lipinski definition) is 1. The van der Waals surface area contributed by atoms with Crippen molar-refractivity contribution in [2.75, 3.05) is 0 Å². The normalized spacial score (nSPS) is 26.4. The minimum Gasteiger partial charge on any atom is -0.273 e. The van der Waals surface area contributed by atoms with E-state index in [9.17, 15) is 4.79 Å². The number of hydrazone groups is 1. The van der Waals surface area contributed by atoms with Crippen LogP contribution >= 0.6 is 0 Å². The molecule has 3 rings (SSSR count). The highest BCUT2D eigenvalue weighted by atomic mass is 16.2. The van der Waals surface area contributed by atoms with Gasteiger partial charge in [0, 0.05) is 11.8 Å². The molecule has 3 nitrogen and oxygen atoms in total. The van der Waals surface area contributed by atoms with Crippen molar-refractivity contribution in [3.05, 3.63) is 34.9 Å². The van der Waals surface area contributed by atoms with E-state index in [1.807, 2.05) is 0 Å². The molecule has 0 radical (unpaired) electrons. The Morgan fingerprint density at radius 3 is 2.58 bits per heavy atom. The SMILES string of the molecule is Cc1ccc(C2=NNC(=O)C3CCCCC23)cc1C. The van der Waals surface area contributed by atoms with Crippen molar-refractivity contribution >= 4 is 11.6 Å². The molecule has 0 saturated heterocycles. The first-order chi connectivity index (χ1) is 9.16. The van der Waals surface area contributed by atoms with Crippen LogP contribution < -0.4 is 5.43 Å². The number of benzene rings is 1. The number of carbonyl (C=O) groups is 1. The van der Waals surface area contributed by atoms with Crippen LogP contribution in [0.1, 0.15) is 42.4 Å². The molecular weight excluding hydrogens is 236 g/mol. The average molecular weight is 256 g/mol. The summed E-state index contributed by atoms with van der Waals surface area (Å²) in [5.41, 5.74) is 7.53. The zero-order chi connectivity index (χ0) is 13.4. The highest BCUT2D eigenvalue weighted by Crippen LogP contribution is 2.35. The Kier molecular flexibility index (Phi) is 3.13. The first kappa shape index (κ1) is 12.4. The van der Waals surface area contributed by atoms with Crippen molar-refractivity contribution in [2.45, 2.75) is 39.5 Å². The third kappa shape index (κ3) is 2.18. The smallest absolute Gasteiger partial charge is 0.243 e. The maximum atomic E-state index is 11.9. The van der Waals surface area contributed by atoms with Gasteiger partial charge in [-0.3, -0.25) is 4.79 Å². The van der Waals surface area contributed by atoms with Crippen LogP contribution in [0.4, 0.5) is 0 Å². The summed E-state index contributed by atoms with van der Waals surface area (Å²) in [5, 5.41) is 4.35. The summed E-state index contributed by atoms with van der Waals surface area (Å²) in [6, 6.07) is 6.46. The van der Waals surface area contributed by atoms with Gasteiger partial charge in [-0.2, -0.15) is 5.10 Å². The maximum Gasteiger partial charge on any atom is 0.243 e. The second kappa shape index (κ2) is 4.80. The van der Waals surface area contributed by atoms with Gasteiger partial charge in [-0.05, 0) is 49.4 Å². The number of amides is 1. The van der Waals surface area contributed by atoms with Crippen LogP contribution in [0.2, 0.25) is 0 Å². The van der Waals surface area contributed by atoms with E-state index >= 15 is 0 Å². The Balaban J connectivity index is 1.98. The first-order valence-electron chi connectivity index (χ1n) is 7.12.